The van der Waals surface area contributed by atoms with Crippen molar-refractivity contribution in [2.75, 3.05) is 13.7 Å². The Kier molecular flexibility index (Phi) is 7.36. The minimum atomic E-state index is -0.0322. The number of hydrogen-bond donors (Lipinski definition) is 0. The quantitative estimate of drug-likeness (QED) is 0.272. The minimum Gasteiger partial charge on any atom is -0.493 e. The van der Waals surface area contributed by atoms with E-state index in [9.17, 15) is 4.79 Å². The molecule has 2 aromatic carbocycles. The fourth-order valence-corrected chi connectivity index (χ4v) is 4.85. The number of carbonyl (C=O) groups is 1. The predicted molar refractivity (Wildman–Crippen MR) is 127 cm³/mol. The fourth-order valence-electron chi connectivity index (χ4n) is 2.76. The summed E-state index contributed by atoms with van der Waals surface area (Å²) >= 11 is 8.90. The maximum atomic E-state index is 12.6. The summed E-state index contributed by atoms with van der Waals surface area (Å²) < 4.78 is 13.1. The summed E-state index contributed by atoms with van der Waals surface area (Å²) in [5, 5.41) is 0. The molecule has 0 spiro atoms. The molecular formula is C21H20INO3S2. The molecule has 2 aromatic rings. The molecule has 146 valence electrons. The predicted octanol–water partition coefficient (Wildman–Crippen LogP) is 5.49. The van der Waals surface area contributed by atoms with E-state index in [1.165, 1.54) is 11.8 Å². The zero-order valence-electron chi connectivity index (χ0n) is 15.6. The maximum absolute atomic E-state index is 12.6. The van der Waals surface area contributed by atoms with E-state index in [2.05, 4.69) is 22.6 Å². The lowest BCUT2D eigenvalue weighted by Gasteiger charge is -2.14. The average molecular weight is 525 g/mol. The van der Waals surface area contributed by atoms with E-state index in [1.807, 2.05) is 55.5 Å². The molecule has 0 radical (unpaired) electrons. The maximum Gasteiger partial charge on any atom is 0.266 e. The Morgan fingerprint density at radius 2 is 2.00 bits per heavy atom. The molecule has 1 fully saturated rings. The summed E-state index contributed by atoms with van der Waals surface area (Å²) in [6.07, 6.45) is 2.74. The van der Waals surface area contributed by atoms with Gasteiger partial charge in [-0.2, -0.15) is 0 Å². The Bertz CT molecular complexity index is 915. The van der Waals surface area contributed by atoms with E-state index in [4.69, 9.17) is 21.7 Å². The monoisotopic (exact) mass is 525 g/mol. The van der Waals surface area contributed by atoms with Gasteiger partial charge in [0.15, 0.2) is 11.5 Å². The van der Waals surface area contributed by atoms with Gasteiger partial charge in [0.1, 0.15) is 10.9 Å². The van der Waals surface area contributed by atoms with Crippen molar-refractivity contribution in [2.45, 2.75) is 20.0 Å². The van der Waals surface area contributed by atoms with Gasteiger partial charge in [-0.15, -0.1) is 0 Å². The number of amides is 1. The van der Waals surface area contributed by atoms with E-state index < -0.39 is 0 Å². The van der Waals surface area contributed by atoms with E-state index in [-0.39, 0.29) is 5.91 Å². The van der Waals surface area contributed by atoms with Gasteiger partial charge < -0.3 is 9.47 Å². The lowest BCUT2D eigenvalue weighted by molar-refractivity contribution is -0.122. The van der Waals surface area contributed by atoms with Crippen LogP contribution in [0.25, 0.3) is 6.08 Å². The first-order chi connectivity index (χ1) is 13.5. The third-order valence-electron chi connectivity index (χ3n) is 4.10. The van der Waals surface area contributed by atoms with Crippen molar-refractivity contribution >= 4 is 62.9 Å². The summed E-state index contributed by atoms with van der Waals surface area (Å²) in [4.78, 5) is 14.9. The highest BCUT2D eigenvalue weighted by molar-refractivity contribution is 14.1. The number of halogens is 1. The number of rotatable bonds is 7. The van der Waals surface area contributed by atoms with Crippen LogP contribution in [0.4, 0.5) is 0 Å². The van der Waals surface area contributed by atoms with E-state index >= 15 is 0 Å². The molecule has 0 saturated carbocycles. The van der Waals surface area contributed by atoms with Crippen LogP contribution >= 0.6 is 46.6 Å². The summed E-state index contributed by atoms with van der Waals surface area (Å²) in [5.74, 6) is 1.30. The number of thiocarbonyl (C=S) groups is 1. The van der Waals surface area contributed by atoms with Crippen LogP contribution in [0.1, 0.15) is 24.5 Å². The molecule has 4 nitrogen and oxygen atoms in total. The summed E-state index contributed by atoms with van der Waals surface area (Å²) in [6, 6.07) is 13.9. The number of thioether (sulfide) groups is 1. The number of hydrogen-bond acceptors (Lipinski definition) is 5. The first-order valence-corrected chi connectivity index (χ1v) is 11.1. The number of methoxy groups -OCH3 is 1. The summed E-state index contributed by atoms with van der Waals surface area (Å²) in [5.41, 5.74) is 1.97. The molecule has 28 heavy (non-hydrogen) atoms. The van der Waals surface area contributed by atoms with Crippen LogP contribution in [-0.4, -0.2) is 28.8 Å². The second kappa shape index (κ2) is 9.76. The van der Waals surface area contributed by atoms with Crippen molar-refractivity contribution in [3.05, 3.63) is 62.1 Å². The van der Waals surface area contributed by atoms with Crippen LogP contribution in [0, 0.1) is 3.57 Å². The van der Waals surface area contributed by atoms with Gasteiger partial charge in [0.25, 0.3) is 5.91 Å². The van der Waals surface area contributed by atoms with E-state index in [1.54, 1.807) is 12.0 Å². The van der Waals surface area contributed by atoms with Crippen molar-refractivity contribution < 1.29 is 14.3 Å². The van der Waals surface area contributed by atoms with Crippen LogP contribution in [0.2, 0.25) is 0 Å². The second-order valence-electron chi connectivity index (χ2n) is 6.14. The van der Waals surface area contributed by atoms with Gasteiger partial charge in [0, 0.05) is 6.54 Å². The van der Waals surface area contributed by atoms with E-state index in [0.29, 0.717) is 33.9 Å². The van der Waals surface area contributed by atoms with Gasteiger partial charge in [-0.25, -0.2) is 0 Å². The van der Waals surface area contributed by atoms with Crippen molar-refractivity contribution in [1.29, 1.82) is 0 Å². The van der Waals surface area contributed by atoms with Gasteiger partial charge in [-0.1, -0.05) is 61.2 Å². The molecule has 3 rings (SSSR count). The van der Waals surface area contributed by atoms with Gasteiger partial charge in [-0.3, -0.25) is 9.69 Å². The minimum absolute atomic E-state index is 0.0322. The zero-order chi connectivity index (χ0) is 20.1. The Labute approximate surface area is 188 Å². The first-order valence-electron chi connectivity index (χ1n) is 8.83. The molecule has 0 aromatic heterocycles. The second-order valence-corrected chi connectivity index (χ2v) is 8.98. The molecule has 0 N–H and O–H groups in total. The normalized spacial score (nSPS) is 15.4. The third kappa shape index (κ3) is 4.87. The number of ether oxygens (including phenoxy) is 2. The molecule has 1 heterocycles. The fraction of sp³-hybridized carbons (Fsp3) is 0.238. The van der Waals surface area contributed by atoms with Crippen LogP contribution in [0.5, 0.6) is 11.5 Å². The van der Waals surface area contributed by atoms with Gasteiger partial charge in [0.2, 0.25) is 0 Å². The smallest absolute Gasteiger partial charge is 0.266 e. The van der Waals surface area contributed by atoms with Crippen molar-refractivity contribution in [2.24, 2.45) is 0 Å². The number of carbonyl (C=O) groups excluding carboxylic acids is 1. The Morgan fingerprint density at radius 1 is 1.25 bits per heavy atom. The summed E-state index contributed by atoms with van der Waals surface area (Å²) in [7, 11) is 1.62. The molecule has 0 atom stereocenters. The van der Waals surface area contributed by atoms with Gasteiger partial charge in [-0.05, 0) is 58.3 Å². The van der Waals surface area contributed by atoms with Gasteiger partial charge >= 0.3 is 0 Å². The molecule has 0 unspecified atom stereocenters. The standard InChI is InChI=1S/C21H20INO3S2/c1-3-9-23-20(24)18(28-21(23)27)12-15-10-16(22)19(17(11-15)25-2)26-13-14-7-5-4-6-8-14/h4-8,10-12H,3,9,13H2,1-2H3/b18-12-. The van der Waals surface area contributed by atoms with Crippen LogP contribution in [0.15, 0.2) is 47.4 Å². The molecule has 1 aliphatic rings. The number of nitrogens with zero attached hydrogens (tertiary/aromatic N) is 1. The topological polar surface area (TPSA) is 38.8 Å². The molecular weight excluding hydrogens is 505 g/mol. The lowest BCUT2D eigenvalue weighted by atomic mass is 10.1. The highest BCUT2D eigenvalue weighted by Gasteiger charge is 2.31. The van der Waals surface area contributed by atoms with Crippen LogP contribution in [0.3, 0.4) is 0 Å². The molecule has 1 saturated heterocycles. The van der Waals surface area contributed by atoms with Crippen molar-refractivity contribution in [1.82, 2.24) is 4.90 Å². The first kappa shape index (κ1) is 21.1. The zero-order valence-corrected chi connectivity index (χ0v) is 19.4. The third-order valence-corrected chi connectivity index (χ3v) is 6.28. The van der Waals surface area contributed by atoms with Crippen molar-refractivity contribution in [3.63, 3.8) is 0 Å². The van der Waals surface area contributed by atoms with Crippen LogP contribution < -0.4 is 9.47 Å². The van der Waals surface area contributed by atoms with E-state index in [0.717, 1.165) is 21.1 Å². The summed E-state index contributed by atoms with van der Waals surface area (Å²) in [6.45, 7) is 3.14. The number of benzene rings is 2. The average Bonchev–Trinajstić information content (AvgIpc) is 2.95. The molecule has 0 aliphatic carbocycles. The highest BCUT2D eigenvalue weighted by atomic mass is 127. The molecule has 1 amide bonds. The Morgan fingerprint density at radius 3 is 2.68 bits per heavy atom. The highest BCUT2D eigenvalue weighted by Crippen LogP contribution is 2.37. The Balaban J connectivity index is 1.83. The molecule has 1 aliphatic heterocycles. The SMILES string of the molecule is CCCN1C(=O)/C(=C/c2cc(I)c(OCc3ccccc3)c(OC)c2)SC1=S. The van der Waals surface area contributed by atoms with Crippen molar-refractivity contribution in [3.8, 4) is 11.5 Å². The molecule has 0 bridgehead atoms. The van der Waals surface area contributed by atoms with Crippen LogP contribution in [-0.2, 0) is 11.4 Å². The Hall–Kier alpha value is -1.58. The lowest BCUT2D eigenvalue weighted by Crippen LogP contribution is -2.28. The largest absolute Gasteiger partial charge is 0.493 e. The molecule has 7 heteroatoms. The van der Waals surface area contributed by atoms with Gasteiger partial charge in [0.05, 0.1) is 15.6 Å².